The molecule has 58 heavy (non-hydrogen) atoms. The van der Waals surface area contributed by atoms with Crippen molar-refractivity contribution in [1.29, 1.82) is 0 Å². The van der Waals surface area contributed by atoms with Crippen LogP contribution < -0.4 is 20.4 Å². The van der Waals surface area contributed by atoms with Gasteiger partial charge in [-0.3, -0.25) is 24.6 Å². The Labute approximate surface area is 333 Å². The first kappa shape index (κ1) is 37.9. The molecule has 3 N–H and O–H groups in total. The molecule has 4 fully saturated rings. The Morgan fingerprint density at radius 3 is 2.55 bits per heavy atom. The summed E-state index contributed by atoms with van der Waals surface area (Å²) in [4.78, 5) is 63.8. The molecule has 7 heterocycles. The van der Waals surface area contributed by atoms with Gasteiger partial charge < -0.3 is 39.7 Å². The average molecular weight is 801 g/mol. The Kier molecular flexibility index (Phi) is 9.78. The fourth-order valence-corrected chi connectivity index (χ4v) is 9.59. The van der Waals surface area contributed by atoms with E-state index in [1.807, 2.05) is 28.0 Å². The number of nitrogens with one attached hydrogen (secondary N) is 2. The zero-order valence-electron chi connectivity index (χ0n) is 32.4. The fourth-order valence-electron chi connectivity index (χ4n) is 9.59. The number of benzene rings is 2. The van der Waals surface area contributed by atoms with Crippen molar-refractivity contribution in [3.05, 3.63) is 59.2 Å². The molecule has 306 valence electrons. The number of amides is 5. The van der Waals surface area contributed by atoms with Gasteiger partial charge >= 0.3 is 6.03 Å². The number of hydrogen-bond acceptors (Lipinski definition) is 12. The quantitative estimate of drug-likeness (QED) is 0.323. The lowest BCUT2D eigenvalue weighted by Crippen LogP contribution is -2.66. The molecule has 5 amide bonds. The van der Waals surface area contributed by atoms with Gasteiger partial charge in [0.2, 0.25) is 11.8 Å². The molecule has 16 nitrogen and oxygen atoms in total. The van der Waals surface area contributed by atoms with Crippen molar-refractivity contribution in [2.75, 3.05) is 80.6 Å². The van der Waals surface area contributed by atoms with Crippen LogP contribution in [-0.2, 0) is 20.9 Å². The minimum atomic E-state index is -1.08. The Balaban J connectivity index is 0.801. The Hall–Kier alpha value is -5.62. The van der Waals surface area contributed by atoms with Gasteiger partial charge in [0.1, 0.15) is 11.9 Å². The van der Waals surface area contributed by atoms with Crippen LogP contribution in [0.1, 0.15) is 42.6 Å². The van der Waals surface area contributed by atoms with Crippen LogP contribution in [0.25, 0.3) is 11.3 Å². The number of aromatic hydroxyl groups is 1. The van der Waals surface area contributed by atoms with Crippen molar-refractivity contribution < 1.29 is 37.8 Å². The monoisotopic (exact) mass is 800 g/mol. The lowest BCUT2D eigenvalue weighted by Gasteiger charge is -2.50. The highest BCUT2D eigenvalue weighted by Crippen LogP contribution is 2.38. The smallest absolute Gasteiger partial charge is 0.320 e. The van der Waals surface area contributed by atoms with Crippen molar-refractivity contribution in [3.63, 3.8) is 0 Å². The maximum Gasteiger partial charge on any atom is 0.320 e. The maximum atomic E-state index is 14.2. The van der Waals surface area contributed by atoms with Gasteiger partial charge in [0.05, 0.1) is 30.1 Å². The van der Waals surface area contributed by atoms with Gasteiger partial charge in [-0.2, -0.15) is 0 Å². The number of carbonyl (C=O) groups excluding carboxylic acids is 4. The van der Waals surface area contributed by atoms with E-state index in [1.54, 1.807) is 11.0 Å². The van der Waals surface area contributed by atoms with Gasteiger partial charge in [0.25, 0.3) is 5.91 Å². The molecular formula is C40H46F2N10O6. The van der Waals surface area contributed by atoms with Crippen LogP contribution in [-0.4, -0.2) is 154 Å². The SMILES string of the molecule is C[C@@H]1CN(C[C@H]2CN(c3ccc4c(c3)CN(C3CCC(=O)NC3=O)C4=O)CCO2)C[C@@H](C)N1C(=O)N1CCN2c3cc(-c4cc(F)cc(F)c4O)nnc3NC[C@H]2C1. The standard InChI is InChI=1S/C40H46F2N10O6/c1-22-16-47(20-28-21-48(9-10-58-28)26-3-4-29-24(11-26)18-51(39(29)56)33-5-6-35(53)44-38(33)55)17-23(2)52(22)40(57)49-7-8-50-27(19-49)15-43-37-34(50)14-32(45-46-37)30-12-25(41)13-31(42)36(30)54/h3-4,11-14,22-23,27-28,33,54H,5-10,15-21H2,1-2H3,(H,43,46)(H,44,53,55)/t22-,23-,27+,28+,33?/m1/s1. The van der Waals surface area contributed by atoms with E-state index in [9.17, 15) is 33.1 Å². The number of imide groups is 1. The number of urea groups is 1. The number of morpholine rings is 1. The number of fused-ring (bicyclic) bond motifs is 4. The second kappa shape index (κ2) is 15.0. The van der Waals surface area contributed by atoms with Crippen LogP contribution >= 0.6 is 0 Å². The molecule has 0 radical (unpaired) electrons. The number of halogens is 2. The largest absolute Gasteiger partial charge is 0.504 e. The van der Waals surface area contributed by atoms with Gasteiger partial charge in [0, 0.05) is 107 Å². The first-order valence-electron chi connectivity index (χ1n) is 19.9. The highest BCUT2D eigenvalue weighted by atomic mass is 19.1. The third-order valence-corrected chi connectivity index (χ3v) is 12.3. The molecule has 18 heteroatoms. The van der Waals surface area contributed by atoms with E-state index in [0.717, 1.165) is 17.3 Å². The van der Waals surface area contributed by atoms with Crippen LogP contribution in [0.5, 0.6) is 5.75 Å². The summed E-state index contributed by atoms with van der Waals surface area (Å²) < 4.78 is 34.4. The van der Waals surface area contributed by atoms with E-state index >= 15 is 0 Å². The molecule has 4 saturated heterocycles. The van der Waals surface area contributed by atoms with E-state index in [-0.39, 0.29) is 59.8 Å². The van der Waals surface area contributed by atoms with E-state index in [1.165, 1.54) is 0 Å². The van der Waals surface area contributed by atoms with E-state index in [2.05, 4.69) is 49.4 Å². The molecule has 0 saturated carbocycles. The number of carbonyl (C=O) groups is 4. The van der Waals surface area contributed by atoms with Crippen molar-refractivity contribution >= 4 is 40.9 Å². The summed E-state index contributed by atoms with van der Waals surface area (Å²) in [5, 5.41) is 24.3. The van der Waals surface area contributed by atoms with Gasteiger partial charge in [-0.25, -0.2) is 13.6 Å². The minimum absolute atomic E-state index is 0.00912. The zero-order chi connectivity index (χ0) is 40.4. The average Bonchev–Trinajstić information content (AvgIpc) is 3.53. The number of ether oxygens (including phenoxy) is 1. The second-order valence-corrected chi connectivity index (χ2v) is 16.2. The Bertz CT molecular complexity index is 2170. The summed E-state index contributed by atoms with van der Waals surface area (Å²) in [6.45, 7) is 10.5. The molecule has 0 spiro atoms. The molecule has 3 aromatic rings. The van der Waals surface area contributed by atoms with Crippen molar-refractivity contribution in [2.45, 2.75) is 63.5 Å². The molecule has 5 atom stereocenters. The fraction of sp³-hybridized carbons (Fsp3) is 0.500. The van der Waals surface area contributed by atoms with Crippen LogP contribution in [0, 0.1) is 11.6 Å². The van der Waals surface area contributed by atoms with E-state index in [0.29, 0.717) is 102 Å². The van der Waals surface area contributed by atoms with Crippen molar-refractivity contribution in [2.24, 2.45) is 0 Å². The molecule has 1 aromatic heterocycles. The van der Waals surface area contributed by atoms with Crippen molar-refractivity contribution in [1.82, 2.24) is 35.1 Å². The number of phenols is 1. The molecule has 9 rings (SSSR count). The Morgan fingerprint density at radius 2 is 1.76 bits per heavy atom. The molecule has 6 aliphatic rings. The summed E-state index contributed by atoms with van der Waals surface area (Å²) >= 11 is 0. The third kappa shape index (κ3) is 6.91. The summed E-state index contributed by atoms with van der Waals surface area (Å²) in [6.07, 6.45) is 0.476. The molecule has 0 bridgehead atoms. The van der Waals surface area contributed by atoms with E-state index < -0.39 is 29.3 Å². The first-order chi connectivity index (χ1) is 27.9. The Morgan fingerprint density at radius 1 is 0.948 bits per heavy atom. The first-order valence-corrected chi connectivity index (χ1v) is 19.9. The van der Waals surface area contributed by atoms with Gasteiger partial charge in [0.15, 0.2) is 17.4 Å². The summed E-state index contributed by atoms with van der Waals surface area (Å²) in [6, 6.07) is 8.31. The van der Waals surface area contributed by atoms with Gasteiger partial charge in [-0.15, -0.1) is 10.2 Å². The van der Waals surface area contributed by atoms with Crippen LogP contribution in [0.3, 0.4) is 0 Å². The number of piperidine rings is 1. The highest BCUT2D eigenvalue weighted by Gasteiger charge is 2.42. The van der Waals surface area contributed by atoms with Crippen LogP contribution in [0.4, 0.5) is 30.8 Å². The molecule has 0 aliphatic carbocycles. The second-order valence-electron chi connectivity index (χ2n) is 16.2. The third-order valence-electron chi connectivity index (χ3n) is 12.3. The van der Waals surface area contributed by atoms with Gasteiger partial charge in [-0.05, 0) is 56.2 Å². The number of nitrogens with zero attached hydrogens (tertiary/aromatic N) is 8. The lowest BCUT2D eigenvalue weighted by atomic mass is 10.0. The molecule has 6 aliphatic heterocycles. The predicted octanol–water partition coefficient (Wildman–Crippen LogP) is 2.22. The molecular weight excluding hydrogens is 754 g/mol. The summed E-state index contributed by atoms with van der Waals surface area (Å²) in [5.41, 5.74) is 3.20. The molecule has 2 aromatic carbocycles. The lowest BCUT2D eigenvalue weighted by molar-refractivity contribution is -0.136. The highest BCUT2D eigenvalue weighted by molar-refractivity contribution is 6.05. The summed E-state index contributed by atoms with van der Waals surface area (Å²) in [5.74, 6) is -3.00. The van der Waals surface area contributed by atoms with Gasteiger partial charge in [-0.1, -0.05) is 0 Å². The molecule has 1 unspecified atom stereocenters. The zero-order valence-corrected chi connectivity index (χ0v) is 32.4. The minimum Gasteiger partial charge on any atom is -0.504 e. The normalized spacial score (nSPS) is 26.2. The predicted molar refractivity (Wildman–Crippen MR) is 207 cm³/mol. The number of rotatable bonds is 5. The topological polar surface area (TPSA) is 167 Å². The number of hydrogen-bond donors (Lipinski definition) is 3. The van der Waals surface area contributed by atoms with E-state index in [4.69, 9.17) is 4.74 Å². The maximum absolute atomic E-state index is 14.2. The number of piperazine rings is 2. The van der Waals surface area contributed by atoms with Crippen LogP contribution in [0.2, 0.25) is 0 Å². The number of phenolic OH excluding ortho intramolecular Hbond substituents is 1. The number of aromatic nitrogens is 2. The van der Waals surface area contributed by atoms with Crippen LogP contribution in [0.15, 0.2) is 36.4 Å². The number of anilines is 3. The summed E-state index contributed by atoms with van der Waals surface area (Å²) in [7, 11) is 0. The van der Waals surface area contributed by atoms with Crippen molar-refractivity contribution in [3.8, 4) is 17.0 Å².